The predicted octanol–water partition coefficient (Wildman–Crippen LogP) is 5.77. The van der Waals surface area contributed by atoms with Crippen LogP contribution in [0.15, 0.2) is 36.5 Å². The van der Waals surface area contributed by atoms with Crippen molar-refractivity contribution in [3.8, 4) is 23.0 Å². The van der Waals surface area contributed by atoms with Crippen LogP contribution >= 0.6 is 0 Å². The molecule has 1 N–H and O–H groups in total. The Bertz CT molecular complexity index is 1610. The lowest BCUT2D eigenvalue weighted by Crippen LogP contribution is -2.43. The molecule has 7 nitrogen and oxygen atoms in total. The minimum atomic E-state index is -0.895. The second-order valence-corrected chi connectivity index (χ2v) is 11.3. The number of ether oxygens (including phenoxy) is 1. The van der Waals surface area contributed by atoms with E-state index in [2.05, 4.69) is 19.8 Å². The average Bonchev–Trinajstić information content (AvgIpc) is 3.47. The highest BCUT2D eigenvalue weighted by Crippen LogP contribution is 2.41. The van der Waals surface area contributed by atoms with Crippen molar-refractivity contribution >= 4 is 27.5 Å². The molecule has 2 aromatic carbocycles. The third-order valence-corrected chi connectivity index (χ3v) is 8.70. The molecule has 3 aliphatic heterocycles. The van der Waals surface area contributed by atoms with Crippen molar-refractivity contribution in [1.29, 1.82) is 0 Å². The molecule has 4 aromatic rings. The Hall–Kier alpha value is -3.66. The van der Waals surface area contributed by atoms with E-state index in [-0.39, 0.29) is 40.5 Å². The number of pyridine rings is 1. The Morgan fingerprint density at radius 2 is 1.90 bits per heavy atom. The molecule has 0 saturated carbocycles. The SMILES string of the molecule is Oc1cc(-c2ncc3c(N4CCCCC4)nc(OC[C@@]45CCCN4C[C@H](F)C5)nc3c2F)c2c(F)cccc2c1. The molecular formula is C30H30F3N5O2. The normalized spacial score (nSPS) is 23.3. The smallest absolute Gasteiger partial charge is 0.319 e. The van der Waals surface area contributed by atoms with Gasteiger partial charge in [-0.25, -0.2) is 13.2 Å². The minimum absolute atomic E-state index is 0.0129. The van der Waals surface area contributed by atoms with E-state index in [1.165, 1.54) is 30.5 Å². The molecule has 0 bridgehead atoms. The number of rotatable bonds is 5. The zero-order chi connectivity index (χ0) is 27.4. The fraction of sp³-hybridized carbons (Fsp3) is 0.433. The molecule has 5 heterocycles. The summed E-state index contributed by atoms with van der Waals surface area (Å²) in [7, 11) is 0. The van der Waals surface area contributed by atoms with Gasteiger partial charge in [0.05, 0.1) is 10.9 Å². The molecule has 2 aromatic heterocycles. The van der Waals surface area contributed by atoms with Crippen LogP contribution < -0.4 is 9.64 Å². The fourth-order valence-electron chi connectivity index (χ4n) is 6.82. The van der Waals surface area contributed by atoms with Gasteiger partial charge in [-0.3, -0.25) is 9.88 Å². The maximum absolute atomic E-state index is 16.4. The van der Waals surface area contributed by atoms with E-state index in [4.69, 9.17) is 9.72 Å². The molecule has 208 valence electrons. The highest BCUT2D eigenvalue weighted by atomic mass is 19.1. The number of nitrogens with zero attached hydrogens (tertiary/aromatic N) is 5. The van der Waals surface area contributed by atoms with Crippen molar-refractivity contribution in [2.45, 2.75) is 50.2 Å². The molecule has 0 amide bonds. The van der Waals surface area contributed by atoms with Crippen LogP contribution in [-0.4, -0.2) is 69.5 Å². The topological polar surface area (TPSA) is 74.6 Å². The van der Waals surface area contributed by atoms with Gasteiger partial charge in [0.15, 0.2) is 5.82 Å². The summed E-state index contributed by atoms with van der Waals surface area (Å²) < 4.78 is 51.8. The molecular weight excluding hydrogens is 519 g/mol. The number of phenolic OH excluding ortho intramolecular Hbond substituents is 1. The summed E-state index contributed by atoms with van der Waals surface area (Å²) in [6.45, 7) is 2.98. The van der Waals surface area contributed by atoms with Crippen molar-refractivity contribution in [3.63, 3.8) is 0 Å². The first-order chi connectivity index (χ1) is 19.4. The van der Waals surface area contributed by atoms with Crippen molar-refractivity contribution < 1.29 is 23.0 Å². The number of hydrogen-bond acceptors (Lipinski definition) is 7. The number of fused-ring (bicyclic) bond motifs is 3. The number of piperidine rings is 1. The first-order valence-corrected chi connectivity index (χ1v) is 14.0. The molecule has 3 fully saturated rings. The van der Waals surface area contributed by atoms with Crippen LogP contribution in [0.25, 0.3) is 32.9 Å². The lowest BCUT2D eigenvalue weighted by atomic mass is 9.95. The summed E-state index contributed by atoms with van der Waals surface area (Å²) in [4.78, 5) is 17.8. The van der Waals surface area contributed by atoms with Crippen molar-refractivity contribution in [1.82, 2.24) is 19.9 Å². The average molecular weight is 550 g/mol. The number of hydrogen-bond donors (Lipinski definition) is 1. The first-order valence-electron chi connectivity index (χ1n) is 14.0. The first kappa shape index (κ1) is 25.3. The largest absolute Gasteiger partial charge is 0.508 e. The second kappa shape index (κ2) is 9.76. The van der Waals surface area contributed by atoms with Gasteiger partial charge in [0, 0.05) is 43.2 Å². The van der Waals surface area contributed by atoms with Gasteiger partial charge < -0.3 is 14.7 Å². The van der Waals surface area contributed by atoms with Gasteiger partial charge in [-0.05, 0) is 62.2 Å². The number of halogens is 3. The van der Waals surface area contributed by atoms with Crippen LogP contribution in [0.1, 0.15) is 38.5 Å². The summed E-state index contributed by atoms with van der Waals surface area (Å²) in [5, 5.41) is 11.4. The Labute approximate surface area is 229 Å². The van der Waals surface area contributed by atoms with Gasteiger partial charge in [-0.15, -0.1) is 0 Å². The number of benzene rings is 2. The van der Waals surface area contributed by atoms with Crippen LogP contribution in [0, 0.1) is 11.6 Å². The van der Waals surface area contributed by atoms with Gasteiger partial charge in [0.2, 0.25) is 0 Å². The third kappa shape index (κ3) is 4.20. The van der Waals surface area contributed by atoms with Gasteiger partial charge in [-0.2, -0.15) is 9.97 Å². The van der Waals surface area contributed by atoms with Crippen molar-refractivity contribution in [2.75, 3.05) is 37.7 Å². The molecule has 2 atom stereocenters. The predicted molar refractivity (Wildman–Crippen MR) is 146 cm³/mol. The third-order valence-electron chi connectivity index (χ3n) is 8.70. The second-order valence-electron chi connectivity index (χ2n) is 11.3. The highest BCUT2D eigenvalue weighted by molar-refractivity contribution is 6.00. The molecule has 3 saturated heterocycles. The molecule has 3 aliphatic rings. The molecule has 40 heavy (non-hydrogen) atoms. The lowest BCUT2D eigenvalue weighted by molar-refractivity contribution is 0.107. The monoisotopic (exact) mass is 549 g/mol. The molecule has 7 rings (SSSR count). The Morgan fingerprint density at radius 3 is 2.75 bits per heavy atom. The van der Waals surface area contributed by atoms with E-state index in [1.54, 1.807) is 6.07 Å². The summed E-state index contributed by atoms with van der Waals surface area (Å²) in [6, 6.07) is 7.25. The van der Waals surface area contributed by atoms with Crippen LogP contribution in [0.3, 0.4) is 0 Å². The van der Waals surface area contributed by atoms with Crippen LogP contribution in [0.4, 0.5) is 19.0 Å². The summed E-state index contributed by atoms with van der Waals surface area (Å²) in [5.74, 6) is -0.875. The van der Waals surface area contributed by atoms with Gasteiger partial charge in [0.25, 0.3) is 0 Å². The van der Waals surface area contributed by atoms with Gasteiger partial charge in [-0.1, -0.05) is 12.1 Å². The number of anilines is 1. The van der Waals surface area contributed by atoms with Crippen molar-refractivity contribution in [2.24, 2.45) is 0 Å². The van der Waals surface area contributed by atoms with Crippen LogP contribution in [0.5, 0.6) is 11.8 Å². The Morgan fingerprint density at radius 1 is 1.05 bits per heavy atom. The quantitative estimate of drug-likeness (QED) is 0.339. The molecule has 10 heteroatoms. The lowest BCUT2D eigenvalue weighted by Gasteiger charge is -2.31. The van der Waals surface area contributed by atoms with Gasteiger partial charge in [0.1, 0.15) is 41.4 Å². The maximum atomic E-state index is 16.4. The van der Waals surface area contributed by atoms with E-state index >= 15 is 4.39 Å². The van der Waals surface area contributed by atoms with Crippen LogP contribution in [0.2, 0.25) is 0 Å². The number of aromatic nitrogens is 3. The van der Waals surface area contributed by atoms with E-state index in [9.17, 15) is 13.9 Å². The number of aromatic hydroxyl groups is 1. The summed E-state index contributed by atoms with van der Waals surface area (Å²) in [6.07, 6.45) is 5.91. The van der Waals surface area contributed by atoms with Crippen molar-refractivity contribution in [3.05, 3.63) is 48.2 Å². The number of phenols is 1. The molecule has 0 aliphatic carbocycles. The Kier molecular flexibility index (Phi) is 6.18. The van der Waals surface area contributed by atoms with E-state index in [0.29, 0.717) is 29.6 Å². The standard InChI is InChI=1S/C30H30F3N5O2/c31-19-14-30(8-5-11-38(30)16-19)17-40-29-35-27-22(28(36-29)37-9-2-1-3-10-37)15-34-26(25(27)33)21-13-20(39)12-18-6-4-7-23(32)24(18)21/h4,6-7,12-13,15,19,39H,1-3,5,8-11,14,16-17H2/t19-,30+/m1/s1. The minimum Gasteiger partial charge on any atom is -0.508 e. The molecule has 0 spiro atoms. The zero-order valence-electron chi connectivity index (χ0n) is 22.0. The van der Waals surface area contributed by atoms with Gasteiger partial charge >= 0.3 is 6.01 Å². The van der Waals surface area contributed by atoms with E-state index in [1.807, 2.05) is 0 Å². The molecule has 0 unspecified atom stereocenters. The number of alkyl halides is 1. The maximum Gasteiger partial charge on any atom is 0.319 e. The van der Waals surface area contributed by atoms with E-state index < -0.39 is 23.3 Å². The van der Waals surface area contributed by atoms with E-state index in [0.717, 1.165) is 51.7 Å². The van der Waals surface area contributed by atoms with Crippen LogP contribution in [-0.2, 0) is 0 Å². The summed E-state index contributed by atoms with van der Waals surface area (Å²) >= 11 is 0. The zero-order valence-corrected chi connectivity index (χ0v) is 22.0. The highest BCUT2D eigenvalue weighted by Gasteiger charge is 2.49. The fourth-order valence-corrected chi connectivity index (χ4v) is 6.82. The molecule has 0 radical (unpaired) electrons. The Balaban J connectivity index is 1.35. The summed E-state index contributed by atoms with van der Waals surface area (Å²) in [5.41, 5.74) is -0.375.